The molecule has 0 unspecified atom stereocenters. The summed E-state index contributed by atoms with van der Waals surface area (Å²) in [5.74, 6) is 0.355. The molecule has 6 nitrogen and oxygen atoms in total. The van der Waals surface area contributed by atoms with E-state index in [0.29, 0.717) is 17.1 Å². The van der Waals surface area contributed by atoms with E-state index in [1.807, 2.05) is 60.7 Å². The highest BCUT2D eigenvalue weighted by molar-refractivity contribution is 7.99. The Labute approximate surface area is 191 Å². The quantitative estimate of drug-likeness (QED) is 0.339. The molecule has 0 atom stereocenters. The van der Waals surface area contributed by atoms with Gasteiger partial charge in [0.2, 0.25) is 0 Å². The standard InChI is InChI=1S/C24H22O6S2/c1-32(27,28)30-23-10-6-5-9-22(23)21(18-7-3-2-4-8-18)15-16-31-20-13-11-19(12-14-20)29-17-24(25)26/h2-15H,16-17H2,1H3,(H,25,26)/b21-15+. The summed E-state index contributed by atoms with van der Waals surface area (Å²) in [5.41, 5.74) is 2.48. The van der Waals surface area contributed by atoms with Crippen molar-refractivity contribution in [1.82, 2.24) is 0 Å². The Kier molecular flexibility index (Phi) is 7.97. The summed E-state index contributed by atoms with van der Waals surface area (Å²) in [7, 11) is -3.67. The molecule has 0 radical (unpaired) electrons. The third-order valence-electron chi connectivity index (χ3n) is 4.23. The van der Waals surface area contributed by atoms with Crippen molar-refractivity contribution in [2.75, 3.05) is 18.6 Å². The van der Waals surface area contributed by atoms with Crippen LogP contribution < -0.4 is 8.92 Å². The molecule has 3 aromatic carbocycles. The van der Waals surface area contributed by atoms with Gasteiger partial charge in [0.25, 0.3) is 0 Å². The lowest BCUT2D eigenvalue weighted by Gasteiger charge is -2.14. The summed E-state index contributed by atoms with van der Waals surface area (Å²) in [6.07, 6.45) is 3.05. The molecule has 0 aliphatic heterocycles. The van der Waals surface area contributed by atoms with E-state index < -0.39 is 16.1 Å². The molecular formula is C24H22O6S2. The molecule has 0 amide bonds. The van der Waals surface area contributed by atoms with Crippen LogP contribution in [0.1, 0.15) is 11.1 Å². The maximum absolute atomic E-state index is 11.7. The summed E-state index contributed by atoms with van der Waals surface area (Å²) in [4.78, 5) is 11.6. The first-order chi connectivity index (χ1) is 15.3. The van der Waals surface area contributed by atoms with Crippen molar-refractivity contribution in [3.8, 4) is 11.5 Å². The van der Waals surface area contributed by atoms with Crippen molar-refractivity contribution in [3.63, 3.8) is 0 Å². The molecule has 0 aliphatic rings. The zero-order valence-electron chi connectivity index (χ0n) is 17.3. The van der Waals surface area contributed by atoms with Crippen LogP contribution in [0.15, 0.2) is 89.8 Å². The number of rotatable bonds is 10. The minimum atomic E-state index is -3.67. The van der Waals surface area contributed by atoms with E-state index in [2.05, 4.69) is 0 Å². The predicted octanol–water partition coefficient (Wildman–Crippen LogP) is 4.71. The van der Waals surface area contributed by atoms with Crippen molar-refractivity contribution in [1.29, 1.82) is 0 Å². The number of carboxylic acid groups (broad SMARTS) is 1. The highest BCUT2D eigenvalue weighted by atomic mass is 32.2. The number of hydrogen-bond donors (Lipinski definition) is 1. The second-order valence-electron chi connectivity index (χ2n) is 6.73. The van der Waals surface area contributed by atoms with Crippen LogP contribution in [-0.2, 0) is 14.9 Å². The van der Waals surface area contributed by atoms with E-state index in [1.165, 1.54) is 0 Å². The van der Waals surface area contributed by atoms with Crippen molar-refractivity contribution >= 4 is 33.4 Å². The smallest absolute Gasteiger partial charge is 0.341 e. The van der Waals surface area contributed by atoms with Gasteiger partial charge in [0.15, 0.2) is 6.61 Å². The van der Waals surface area contributed by atoms with Crippen molar-refractivity contribution in [2.24, 2.45) is 0 Å². The fourth-order valence-electron chi connectivity index (χ4n) is 2.92. The fraction of sp³-hybridized carbons (Fsp3) is 0.125. The van der Waals surface area contributed by atoms with Gasteiger partial charge in [-0.15, -0.1) is 11.8 Å². The first-order valence-electron chi connectivity index (χ1n) is 9.64. The molecule has 166 valence electrons. The minimum Gasteiger partial charge on any atom is -0.482 e. The Morgan fingerprint density at radius 2 is 1.62 bits per heavy atom. The van der Waals surface area contributed by atoms with E-state index in [1.54, 1.807) is 36.0 Å². The van der Waals surface area contributed by atoms with Gasteiger partial charge >= 0.3 is 16.1 Å². The highest BCUT2D eigenvalue weighted by Crippen LogP contribution is 2.33. The van der Waals surface area contributed by atoms with E-state index in [0.717, 1.165) is 22.3 Å². The van der Waals surface area contributed by atoms with Gasteiger partial charge in [-0.25, -0.2) is 4.79 Å². The van der Waals surface area contributed by atoms with Crippen LogP contribution in [0.25, 0.3) is 5.57 Å². The van der Waals surface area contributed by atoms with E-state index in [4.69, 9.17) is 14.0 Å². The normalized spacial score (nSPS) is 11.7. The monoisotopic (exact) mass is 470 g/mol. The number of benzene rings is 3. The van der Waals surface area contributed by atoms with Gasteiger partial charge in [0.05, 0.1) is 6.26 Å². The molecule has 0 saturated heterocycles. The van der Waals surface area contributed by atoms with Crippen LogP contribution in [0.2, 0.25) is 0 Å². The second-order valence-corrected chi connectivity index (χ2v) is 9.40. The number of ether oxygens (including phenoxy) is 1. The van der Waals surface area contributed by atoms with Gasteiger partial charge in [-0.1, -0.05) is 54.6 Å². The van der Waals surface area contributed by atoms with Gasteiger partial charge in [0, 0.05) is 16.2 Å². The molecule has 0 aliphatic carbocycles. The van der Waals surface area contributed by atoms with Gasteiger partial charge in [-0.2, -0.15) is 8.42 Å². The Morgan fingerprint density at radius 1 is 0.969 bits per heavy atom. The molecule has 32 heavy (non-hydrogen) atoms. The molecule has 0 aromatic heterocycles. The zero-order chi connectivity index (χ0) is 23.0. The fourth-order valence-corrected chi connectivity index (χ4v) is 4.17. The average Bonchev–Trinajstić information content (AvgIpc) is 2.76. The average molecular weight is 471 g/mol. The zero-order valence-corrected chi connectivity index (χ0v) is 18.9. The summed E-state index contributed by atoms with van der Waals surface area (Å²) in [6, 6.07) is 23.9. The SMILES string of the molecule is CS(=O)(=O)Oc1ccccc1/C(=C/CSc1ccc(OCC(=O)O)cc1)c1ccccc1. The number of aliphatic carboxylic acids is 1. The van der Waals surface area contributed by atoms with Crippen LogP contribution in [0.4, 0.5) is 0 Å². The molecule has 0 saturated carbocycles. The van der Waals surface area contributed by atoms with E-state index >= 15 is 0 Å². The van der Waals surface area contributed by atoms with Crippen LogP contribution in [0.3, 0.4) is 0 Å². The third kappa shape index (κ3) is 7.18. The summed E-state index contributed by atoms with van der Waals surface area (Å²) in [6.45, 7) is -0.384. The minimum absolute atomic E-state index is 0.273. The molecule has 0 bridgehead atoms. The number of hydrogen-bond acceptors (Lipinski definition) is 6. The van der Waals surface area contributed by atoms with Gasteiger partial charge in [-0.05, 0) is 41.5 Å². The molecule has 3 aromatic rings. The highest BCUT2D eigenvalue weighted by Gasteiger charge is 2.14. The first-order valence-corrected chi connectivity index (χ1v) is 12.4. The second kappa shape index (κ2) is 10.9. The number of carbonyl (C=O) groups is 1. The Balaban J connectivity index is 1.83. The Morgan fingerprint density at radius 3 is 2.28 bits per heavy atom. The third-order valence-corrected chi connectivity index (χ3v) is 5.65. The molecule has 1 N–H and O–H groups in total. The van der Waals surface area contributed by atoms with Crippen LogP contribution in [0.5, 0.6) is 11.5 Å². The molecule has 0 spiro atoms. The molecular weight excluding hydrogens is 448 g/mol. The lowest BCUT2D eigenvalue weighted by atomic mass is 9.97. The number of carboxylic acids is 1. The molecule has 3 rings (SSSR count). The van der Waals surface area contributed by atoms with Crippen molar-refractivity contribution in [3.05, 3.63) is 96.1 Å². The lowest BCUT2D eigenvalue weighted by Crippen LogP contribution is -2.09. The van der Waals surface area contributed by atoms with Crippen molar-refractivity contribution in [2.45, 2.75) is 4.90 Å². The topological polar surface area (TPSA) is 89.9 Å². The molecule has 8 heteroatoms. The number of thioether (sulfide) groups is 1. The summed E-state index contributed by atoms with van der Waals surface area (Å²) < 4.78 is 33.8. The Bertz CT molecular complexity index is 1190. The molecule has 0 heterocycles. The van der Waals surface area contributed by atoms with E-state index in [9.17, 15) is 13.2 Å². The van der Waals surface area contributed by atoms with Crippen LogP contribution >= 0.6 is 11.8 Å². The first kappa shape index (κ1) is 23.4. The summed E-state index contributed by atoms with van der Waals surface area (Å²) in [5, 5.41) is 8.69. The lowest BCUT2D eigenvalue weighted by molar-refractivity contribution is -0.139. The van der Waals surface area contributed by atoms with Gasteiger partial charge in [-0.3, -0.25) is 0 Å². The Hall–Kier alpha value is -3.23. The van der Waals surface area contributed by atoms with Gasteiger partial charge < -0.3 is 14.0 Å². The van der Waals surface area contributed by atoms with Crippen LogP contribution in [0, 0.1) is 0 Å². The largest absolute Gasteiger partial charge is 0.482 e. The maximum atomic E-state index is 11.7. The van der Waals surface area contributed by atoms with E-state index in [-0.39, 0.29) is 12.4 Å². The number of para-hydroxylation sites is 1. The predicted molar refractivity (Wildman–Crippen MR) is 126 cm³/mol. The summed E-state index contributed by atoms with van der Waals surface area (Å²) >= 11 is 1.58. The van der Waals surface area contributed by atoms with Crippen LogP contribution in [-0.4, -0.2) is 38.1 Å². The molecule has 0 fully saturated rings. The van der Waals surface area contributed by atoms with Crippen molar-refractivity contribution < 1.29 is 27.2 Å². The van der Waals surface area contributed by atoms with Gasteiger partial charge in [0.1, 0.15) is 11.5 Å². The maximum Gasteiger partial charge on any atom is 0.341 e.